The standard InChI is InChI=1S/C15H29N5O6/c1-8(15(25)26)19-11(22)7-18-14(24)12(9(2)21)20-13(23)10(17)5-3-4-6-16/h8-10,12,21H,3-7,16-17H2,1-2H3,(H,18,24)(H,19,22)(H,20,23)(H,25,26). The highest BCUT2D eigenvalue weighted by molar-refractivity contribution is 5.92. The van der Waals surface area contributed by atoms with Crippen LogP contribution in [0.5, 0.6) is 0 Å². The lowest BCUT2D eigenvalue weighted by Gasteiger charge is -2.22. The number of rotatable bonds is 12. The fraction of sp³-hybridized carbons (Fsp3) is 0.733. The number of unbranched alkanes of at least 4 members (excludes halogenated alkanes) is 1. The normalized spacial score (nSPS) is 15.3. The van der Waals surface area contributed by atoms with Gasteiger partial charge in [-0.25, -0.2) is 0 Å². The van der Waals surface area contributed by atoms with Gasteiger partial charge >= 0.3 is 5.97 Å². The lowest BCUT2D eigenvalue weighted by atomic mass is 10.1. The second kappa shape index (κ2) is 12.2. The number of nitrogens with two attached hydrogens (primary N) is 2. The van der Waals surface area contributed by atoms with E-state index in [1.165, 1.54) is 13.8 Å². The van der Waals surface area contributed by atoms with E-state index in [9.17, 15) is 24.3 Å². The van der Waals surface area contributed by atoms with Crippen molar-refractivity contribution in [3.63, 3.8) is 0 Å². The summed E-state index contributed by atoms with van der Waals surface area (Å²) < 4.78 is 0. The van der Waals surface area contributed by atoms with E-state index in [2.05, 4.69) is 16.0 Å². The maximum atomic E-state index is 12.1. The number of carbonyl (C=O) groups excluding carboxylic acids is 3. The van der Waals surface area contributed by atoms with E-state index in [1.54, 1.807) is 0 Å². The molecule has 11 heteroatoms. The molecule has 3 amide bonds. The van der Waals surface area contributed by atoms with Crippen molar-refractivity contribution in [3.05, 3.63) is 0 Å². The minimum Gasteiger partial charge on any atom is -0.480 e. The Morgan fingerprint density at radius 2 is 1.65 bits per heavy atom. The van der Waals surface area contributed by atoms with Gasteiger partial charge in [-0.15, -0.1) is 0 Å². The molecule has 0 saturated carbocycles. The number of aliphatic hydroxyl groups is 1. The van der Waals surface area contributed by atoms with E-state index in [0.29, 0.717) is 25.8 Å². The summed E-state index contributed by atoms with van der Waals surface area (Å²) in [6.45, 7) is 2.55. The Labute approximate surface area is 151 Å². The molecule has 0 aromatic rings. The van der Waals surface area contributed by atoms with Crippen molar-refractivity contribution in [2.24, 2.45) is 11.5 Å². The summed E-state index contributed by atoms with van der Waals surface area (Å²) in [4.78, 5) is 46.3. The number of carbonyl (C=O) groups is 4. The van der Waals surface area contributed by atoms with Crippen molar-refractivity contribution in [1.82, 2.24) is 16.0 Å². The first-order chi connectivity index (χ1) is 12.1. The number of aliphatic carboxylic acids is 1. The van der Waals surface area contributed by atoms with Crippen LogP contribution in [0.2, 0.25) is 0 Å². The Hall–Kier alpha value is -2.24. The molecular formula is C15H29N5O6. The van der Waals surface area contributed by atoms with E-state index in [0.717, 1.165) is 0 Å². The second-order valence-electron chi connectivity index (χ2n) is 5.96. The van der Waals surface area contributed by atoms with Crippen molar-refractivity contribution < 1.29 is 29.4 Å². The Morgan fingerprint density at radius 3 is 2.15 bits per heavy atom. The minimum atomic E-state index is -1.30. The van der Waals surface area contributed by atoms with E-state index in [1.807, 2.05) is 0 Å². The molecule has 0 aliphatic heterocycles. The van der Waals surface area contributed by atoms with Crippen LogP contribution in [0.25, 0.3) is 0 Å². The predicted octanol–water partition coefficient (Wildman–Crippen LogP) is -2.99. The summed E-state index contributed by atoms with van der Waals surface area (Å²) in [5.41, 5.74) is 11.1. The zero-order valence-corrected chi connectivity index (χ0v) is 15.0. The van der Waals surface area contributed by atoms with Crippen LogP contribution in [-0.4, -0.2) is 71.2 Å². The summed E-state index contributed by atoms with van der Waals surface area (Å²) in [5.74, 6) is -3.34. The van der Waals surface area contributed by atoms with Gasteiger partial charge in [0.1, 0.15) is 12.1 Å². The van der Waals surface area contributed by atoms with Gasteiger partial charge in [0.05, 0.1) is 18.7 Å². The first-order valence-corrected chi connectivity index (χ1v) is 8.34. The third-order valence-corrected chi connectivity index (χ3v) is 3.54. The largest absolute Gasteiger partial charge is 0.480 e. The molecule has 0 aromatic carbocycles. The Balaban J connectivity index is 4.55. The molecule has 0 spiro atoms. The quantitative estimate of drug-likeness (QED) is 0.175. The minimum absolute atomic E-state index is 0.382. The maximum absolute atomic E-state index is 12.1. The highest BCUT2D eigenvalue weighted by Gasteiger charge is 2.28. The second-order valence-corrected chi connectivity index (χ2v) is 5.96. The fourth-order valence-electron chi connectivity index (χ4n) is 1.94. The monoisotopic (exact) mass is 375 g/mol. The summed E-state index contributed by atoms with van der Waals surface area (Å²) in [5, 5.41) is 25.1. The van der Waals surface area contributed by atoms with Gasteiger partial charge < -0.3 is 37.6 Å². The van der Waals surface area contributed by atoms with Gasteiger partial charge in [0.2, 0.25) is 17.7 Å². The van der Waals surface area contributed by atoms with Crippen molar-refractivity contribution >= 4 is 23.7 Å². The van der Waals surface area contributed by atoms with Crippen molar-refractivity contribution in [3.8, 4) is 0 Å². The number of aliphatic hydroxyl groups excluding tert-OH is 1. The Bertz CT molecular complexity index is 499. The lowest BCUT2D eigenvalue weighted by Crippen LogP contribution is -2.57. The fourth-order valence-corrected chi connectivity index (χ4v) is 1.94. The average Bonchev–Trinajstić information content (AvgIpc) is 2.56. The predicted molar refractivity (Wildman–Crippen MR) is 92.7 cm³/mol. The summed E-state index contributed by atoms with van der Waals surface area (Å²) in [6.07, 6.45) is 0.521. The first kappa shape index (κ1) is 23.8. The topological polar surface area (TPSA) is 197 Å². The van der Waals surface area contributed by atoms with E-state index >= 15 is 0 Å². The molecule has 0 aliphatic rings. The number of amides is 3. The zero-order chi connectivity index (χ0) is 20.3. The van der Waals surface area contributed by atoms with Crippen LogP contribution in [0.1, 0.15) is 33.1 Å². The van der Waals surface area contributed by atoms with Crippen molar-refractivity contribution in [2.75, 3.05) is 13.1 Å². The molecule has 9 N–H and O–H groups in total. The molecule has 0 fully saturated rings. The Morgan fingerprint density at radius 1 is 1.04 bits per heavy atom. The summed E-state index contributed by atoms with van der Waals surface area (Å²) in [6, 6.07) is -3.26. The molecular weight excluding hydrogens is 346 g/mol. The molecule has 4 atom stereocenters. The van der Waals surface area contributed by atoms with Crippen LogP contribution < -0.4 is 27.4 Å². The first-order valence-electron chi connectivity index (χ1n) is 8.34. The van der Waals surface area contributed by atoms with Gasteiger partial charge in [-0.05, 0) is 33.2 Å². The smallest absolute Gasteiger partial charge is 0.325 e. The van der Waals surface area contributed by atoms with Gasteiger partial charge in [0.25, 0.3) is 0 Å². The number of carboxylic acid groups (broad SMARTS) is 1. The van der Waals surface area contributed by atoms with Gasteiger partial charge in [-0.2, -0.15) is 0 Å². The third kappa shape index (κ3) is 9.30. The van der Waals surface area contributed by atoms with E-state index in [-0.39, 0.29) is 0 Å². The highest BCUT2D eigenvalue weighted by atomic mass is 16.4. The van der Waals surface area contributed by atoms with Crippen LogP contribution in [0.4, 0.5) is 0 Å². The summed E-state index contributed by atoms with van der Waals surface area (Å²) in [7, 11) is 0. The van der Waals surface area contributed by atoms with Crippen LogP contribution >= 0.6 is 0 Å². The molecule has 0 bridgehead atoms. The number of carboxylic acids is 1. The van der Waals surface area contributed by atoms with Crippen LogP contribution in [0, 0.1) is 0 Å². The zero-order valence-electron chi connectivity index (χ0n) is 15.0. The molecule has 150 valence electrons. The third-order valence-electron chi connectivity index (χ3n) is 3.54. The van der Waals surface area contributed by atoms with Gasteiger partial charge in [-0.3, -0.25) is 19.2 Å². The molecule has 4 unspecified atom stereocenters. The molecule has 0 radical (unpaired) electrons. The van der Waals surface area contributed by atoms with Crippen LogP contribution in [0.15, 0.2) is 0 Å². The van der Waals surface area contributed by atoms with Crippen LogP contribution in [0.3, 0.4) is 0 Å². The lowest BCUT2D eigenvalue weighted by molar-refractivity contribution is -0.141. The molecule has 0 saturated heterocycles. The van der Waals surface area contributed by atoms with Crippen molar-refractivity contribution in [1.29, 1.82) is 0 Å². The molecule has 0 heterocycles. The molecule has 0 aromatic heterocycles. The average molecular weight is 375 g/mol. The molecule has 11 nitrogen and oxygen atoms in total. The Kier molecular flexibility index (Phi) is 11.1. The van der Waals surface area contributed by atoms with Gasteiger partial charge in [0, 0.05) is 0 Å². The maximum Gasteiger partial charge on any atom is 0.325 e. The SMILES string of the molecule is CC(NC(=O)CNC(=O)C(NC(=O)C(N)CCCCN)C(C)O)C(=O)O. The molecule has 26 heavy (non-hydrogen) atoms. The molecule has 0 aliphatic carbocycles. The van der Waals surface area contributed by atoms with Gasteiger partial charge in [-0.1, -0.05) is 6.42 Å². The van der Waals surface area contributed by atoms with E-state index in [4.69, 9.17) is 16.6 Å². The number of hydrogen-bond donors (Lipinski definition) is 7. The van der Waals surface area contributed by atoms with Gasteiger partial charge in [0.15, 0.2) is 0 Å². The van der Waals surface area contributed by atoms with Crippen LogP contribution in [-0.2, 0) is 19.2 Å². The highest BCUT2D eigenvalue weighted by Crippen LogP contribution is 2.00. The number of nitrogens with one attached hydrogen (secondary N) is 3. The molecule has 0 rings (SSSR count). The summed E-state index contributed by atoms with van der Waals surface area (Å²) >= 11 is 0. The van der Waals surface area contributed by atoms with E-state index < -0.39 is 54.5 Å². The number of hydrogen-bond acceptors (Lipinski definition) is 7. The van der Waals surface area contributed by atoms with Crippen molar-refractivity contribution in [2.45, 2.75) is 57.3 Å².